The van der Waals surface area contributed by atoms with Gasteiger partial charge in [0.1, 0.15) is 0 Å². The predicted octanol–water partition coefficient (Wildman–Crippen LogP) is 3.14. The van der Waals surface area contributed by atoms with Crippen LogP contribution in [0.3, 0.4) is 0 Å². The standard InChI is InChI=1S/C12H22INO/c1-12(2)7-5-6-10(12)11(15)14-9-4-3-8-13/h10H,3-9H2,1-2H3,(H,14,15). The summed E-state index contributed by atoms with van der Waals surface area (Å²) in [5.41, 5.74) is 0.216. The van der Waals surface area contributed by atoms with Crippen LogP contribution in [0.4, 0.5) is 0 Å². The summed E-state index contributed by atoms with van der Waals surface area (Å²) in [7, 11) is 0. The van der Waals surface area contributed by atoms with Crippen LogP contribution in [0.15, 0.2) is 0 Å². The molecule has 0 aromatic rings. The molecule has 0 radical (unpaired) electrons. The molecule has 1 unspecified atom stereocenters. The van der Waals surface area contributed by atoms with Gasteiger partial charge >= 0.3 is 0 Å². The molecule has 1 fully saturated rings. The Morgan fingerprint density at radius 3 is 2.73 bits per heavy atom. The average Bonchev–Trinajstić information content (AvgIpc) is 2.52. The number of carbonyl (C=O) groups excluding carboxylic acids is 1. The fraction of sp³-hybridized carbons (Fsp3) is 0.917. The number of nitrogens with one attached hydrogen (secondary N) is 1. The van der Waals surface area contributed by atoms with Gasteiger partial charge in [-0.2, -0.15) is 0 Å². The zero-order valence-electron chi connectivity index (χ0n) is 9.81. The minimum Gasteiger partial charge on any atom is -0.356 e. The van der Waals surface area contributed by atoms with Gasteiger partial charge in [-0.15, -0.1) is 0 Å². The number of rotatable bonds is 5. The molecule has 0 bridgehead atoms. The molecule has 0 aromatic heterocycles. The van der Waals surface area contributed by atoms with Crippen molar-refractivity contribution in [2.45, 2.75) is 46.0 Å². The highest BCUT2D eigenvalue weighted by atomic mass is 127. The zero-order chi connectivity index (χ0) is 11.3. The summed E-state index contributed by atoms with van der Waals surface area (Å²) in [4.78, 5) is 11.9. The highest BCUT2D eigenvalue weighted by Crippen LogP contribution is 2.42. The van der Waals surface area contributed by atoms with Crippen molar-refractivity contribution in [1.29, 1.82) is 0 Å². The van der Waals surface area contributed by atoms with Gasteiger partial charge in [0.15, 0.2) is 0 Å². The molecule has 88 valence electrons. The summed E-state index contributed by atoms with van der Waals surface area (Å²) >= 11 is 2.38. The number of carbonyl (C=O) groups is 1. The Bertz CT molecular complexity index is 216. The summed E-state index contributed by atoms with van der Waals surface area (Å²) in [5, 5.41) is 3.07. The second-order valence-electron chi connectivity index (χ2n) is 5.12. The van der Waals surface area contributed by atoms with E-state index in [4.69, 9.17) is 0 Å². The van der Waals surface area contributed by atoms with Gasteiger partial charge in [0.25, 0.3) is 0 Å². The maximum absolute atomic E-state index is 11.9. The molecule has 3 heteroatoms. The normalized spacial score (nSPS) is 24.1. The fourth-order valence-corrected chi connectivity index (χ4v) is 2.91. The van der Waals surface area contributed by atoms with Gasteiger partial charge in [0.2, 0.25) is 5.91 Å². The Hall–Kier alpha value is 0.200. The van der Waals surface area contributed by atoms with E-state index in [0.29, 0.717) is 0 Å². The van der Waals surface area contributed by atoms with E-state index in [-0.39, 0.29) is 17.2 Å². The molecule has 2 nitrogen and oxygen atoms in total. The van der Waals surface area contributed by atoms with Crippen LogP contribution in [0.5, 0.6) is 0 Å². The SMILES string of the molecule is CC1(C)CCCC1C(=O)NCCCCI. The summed E-state index contributed by atoms with van der Waals surface area (Å²) in [6.45, 7) is 5.29. The summed E-state index contributed by atoms with van der Waals surface area (Å²) in [6, 6.07) is 0. The molecule has 1 amide bonds. The number of alkyl halides is 1. The average molecular weight is 323 g/mol. The van der Waals surface area contributed by atoms with E-state index in [1.54, 1.807) is 0 Å². The third kappa shape index (κ3) is 3.93. The van der Waals surface area contributed by atoms with Crippen LogP contribution < -0.4 is 5.32 Å². The van der Waals surface area contributed by atoms with Gasteiger partial charge in [-0.05, 0) is 35.5 Å². The lowest BCUT2D eigenvalue weighted by Crippen LogP contribution is -2.36. The first-order valence-electron chi connectivity index (χ1n) is 5.91. The Labute approximate surface area is 107 Å². The third-order valence-corrected chi connectivity index (χ3v) is 4.20. The van der Waals surface area contributed by atoms with Gasteiger partial charge in [0, 0.05) is 12.5 Å². The lowest BCUT2D eigenvalue weighted by Gasteiger charge is -2.25. The molecule has 0 aliphatic heterocycles. The third-order valence-electron chi connectivity index (χ3n) is 3.43. The number of hydrogen-bond donors (Lipinski definition) is 1. The van der Waals surface area contributed by atoms with Gasteiger partial charge in [-0.1, -0.05) is 42.9 Å². The molecule has 1 saturated carbocycles. The van der Waals surface area contributed by atoms with E-state index in [0.717, 1.165) is 19.4 Å². The predicted molar refractivity (Wildman–Crippen MR) is 72.3 cm³/mol. The molecule has 0 heterocycles. The molecule has 0 saturated heterocycles. The van der Waals surface area contributed by atoms with Crippen molar-refractivity contribution in [2.75, 3.05) is 11.0 Å². The fourth-order valence-electron chi connectivity index (χ4n) is 2.37. The van der Waals surface area contributed by atoms with Crippen LogP contribution in [-0.4, -0.2) is 16.9 Å². The monoisotopic (exact) mass is 323 g/mol. The first-order chi connectivity index (χ1) is 7.08. The van der Waals surface area contributed by atoms with Crippen LogP contribution in [-0.2, 0) is 4.79 Å². The molecule has 1 atom stereocenters. The highest BCUT2D eigenvalue weighted by molar-refractivity contribution is 14.1. The molecule has 1 rings (SSSR count). The Kier molecular flexibility index (Phi) is 5.36. The lowest BCUT2D eigenvalue weighted by molar-refractivity contribution is -0.127. The van der Waals surface area contributed by atoms with Crippen molar-refractivity contribution in [3.63, 3.8) is 0 Å². The largest absolute Gasteiger partial charge is 0.356 e. The van der Waals surface area contributed by atoms with Gasteiger partial charge < -0.3 is 5.32 Å². The smallest absolute Gasteiger partial charge is 0.223 e. The molecule has 0 spiro atoms. The first-order valence-corrected chi connectivity index (χ1v) is 7.44. The van der Waals surface area contributed by atoms with Crippen LogP contribution >= 0.6 is 22.6 Å². The van der Waals surface area contributed by atoms with Crippen molar-refractivity contribution in [1.82, 2.24) is 5.32 Å². The molecule has 1 N–H and O–H groups in total. The summed E-state index contributed by atoms with van der Waals surface area (Å²) in [5.74, 6) is 0.531. The number of amides is 1. The number of halogens is 1. The molecule has 1 aliphatic carbocycles. The van der Waals surface area contributed by atoms with E-state index in [1.807, 2.05) is 0 Å². The minimum absolute atomic E-state index is 0.216. The Balaban J connectivity index is 2.28. The van der Waals surface area contributed by atoms with Gasteiger partial charge in [0.05, 0.1) is 0 Å². The highest BCUT2D eigenvalue weighted by Gasteiger charge is 2.38. The molecular formula is C12H22INO. The Morgan fingerprint density at radius 1 is 1.47 bits per heavy atom. The summed E-state index contributed by atoms with van der Waals surface area (Å²) < 4.78 is 1.18. The van der Waals surface area contributed by atoms with Crippen LogP contribution in [0.2, 0.25) is 0 Å². The van der Waals surface area contributed by atoms with Gasteiger partial charge in [-0.3, -0.25) is 4.79 Å². The second kappa shape index (κ2) is 6.06. The van der Waals surface area contributed by atoms with Crippen LogP contribution in [0.1, 0.15) is 46.0 Å². The van der Waals surface area contributed by atoms with Crippen molar-refractivity contribution >= 4 is 28.5 Å². The Morgan fingerprint density at radius 2 is 2.20 bits per heavy atom. The number of unbranched alkanes of at least 4 members (excludes halogenated alkanes) is 1. The minimum atomic E-state index is 0.216. The molecule has 0 aromatic carbocycles. The van der Waals surface area contributed by atoms with E-state index < -0.39 is 0 Å². The van der Waals surface area contributed by atoms with E-state index in [2.05, 4.69) is 41.8 Å². The van der Waals surface area contributed by atoms with Crippen molar-refractivity contribution in [3.8, 4) is 0 Å². The van der Waals surface area contributed by atoms with Crippen LogP contribution in [0, 0.1) is 11.3 Å². The van der Waals surface area contributed by atoms with Crippen molar-refractivity contribution in [3.05, 3.63) is 0 Å². The van der Waals surface area contributed by atoms with E-state index in [1.165, 1.54) is 23.7 Å². The van der Waals surface area contributed by atoms with Crippen molar-refractivity contribution < 1.29 is 4.79 Å². The second-order valence-corrected chi connectivity index (χ2v) is 6.20. The van der Waals surface area contributed by atoms with E-state index in [9.17, 15) is 4.79 Å². The maximum Gasteiger partial charge on any atom is 0.223 e. The molecule has 15 heavy (non-hydrogen) atoms. The first kappa shape index (κ1) is 13.3. The summed E-state index contributed by atoms with van der Waals surface area (Å²) in [6.07, 6.45) is 5.79. The quantitative estimate of drug-likeness (QED) is 0.470. The van der Waals surface area contributed by atoms with Gasteiger partial charge in [-0.25, -0.2) is 0 Å². The molecular weight excluding hydrogens is 301 g/mol. The molecule has 1 aliphatic rings. The van der Waals surface area contributed by atoms with Crippen molar-refractivity contribution in [2.24, 2.45) is 11.3 Å². The van der Waals surface area contributed by atoms with Crippen LogP contribution in [0.25, 0.3) is 0 Å². The lowest BCUT2D eigenvalue weighted by atomic mass is 9.81. The zero-order valence-corrected chi connectivity index (χ0v) is 12.0. The maximum atomic E-state index is 11.9. The number of hydrogen-bond acceptors (Lipinski definition) is 1. The topological polar surface area (TPSA) is 29.1 Å². The van der Waals surface area contributed by atoms with E-state index >= 15 is 0 Å².